The van der Waals surface area contributed by atoms with Crippen LogP contribution in [-0.2, 0) is 0 Å². The molecule has 1 heterocycles. The Morgan fingerprint density at radius 1 is 0.926 bits per heavy atom. The van der Waals surface area contributed by atoms with Crippen LogP contribution in [0.1, 0.15) is 13.3 Å². The molecule has 136 valence electrons. The van der Waals surface area contributed by atoms with Crippen LogP contribution in [0.4, 0.5) is 11.4 Å². The number of aromatic nitrogens is 2. The summed E-state index contributed by atoms with van der Waals surface area (Å²) in [5, 5.41) is 14.6. The maximum absolute atomic E-state index is 5.82. The number of rotatable bonds is 8. The molecule has 0 unspecified atom stereocenters. The van der Waals surface area contributed by atoms with Gasteiger partial charge in [-0.25, -0.2) is 0 Å². The van der Waals surface area contributed by atoms with Gasteiger partial charge in [0.1, 0.15) is 0 Å². The average Bonchev–Trinajstić information content (AvgIpc) is 3.19. The van der Waals surface area contributed by atoms with Crippen molar-refractivity contribution in [3.8, 4) is 22.9 Å². The summed E-state index contributed by atoms with van der Waals surface area (Å²) in [5.74, 6) is 0.951. The Kier molecular flexibility index (Phi) is 5.52. The Morgan fingerprint density at radius 2 is 1.44 bits per heavy atom. The molecule has 3 rings (SSSR count). The van der Waals surface area contributed by atoms with Gasteiger partial charge in [0.05, 0.1) is 0 Å². The van der Waals surface area contributed by atoms with E-state index in [2.05, 4.69) is 47.5 Å². The zero-order chi connectivity index (χ0) is 19.2. The van der Waals surface area contributed by atoms with Gasteiger partial charge in [-0.15, -0.1) is 10.2 Å². The number of benzene rings is 2. The first kappa shape index (κ1) is 18.2. The van der Waals surface area contributed by atoms with Gasteiger partial charge < -0.3 is 15.1 Å². The first-order valence-corrected chi connectivity index (χ1v) is 8.66. The summed E-state index contributed by atoms with van der Waals surface area (Å²) in [6.45, 7) is 13.7. The summed E-state index contributed by atoms with van der Waals surface area (Å²) >= 11 is 0. The van der Waals surface area contributed by atoms with Gasteiger partial charge in [-0.3, -0.25) is 0 Å². The zero-order valence-corrected chi connectivity index (χ0v) is 15.3. The number of nitrogens with one attached hydrogen (secondary N) is 2. The predicted octanol–water partition coefficient (Wildman–Crippen LogP) is 5.85. The van der Waals surface area contributed by atoms with Crippen molar-refractivity contribution in [2.24, 2.45) is 0 Å². The normalized spacial score (nSPS) is 10.3. The molecule has 0 atom stereocenters. The van der Waals surface area contributed by atoms with Gasteiger partial charge in [-0.1, -0.05) is 26.7 Å². The topological polar surface area (TPSA) is 63.0 Å². The molecule has 5 heteroatoms. The van der Waals surface area contributed by atoms with Crippen LogP contribution in [0, 0.1) is 0 Å². The molecule has 5 nitrogen and oxygen atoms in total. The van der Waals surface area contributed by atoms with Gasteiger partial charge in [-0.2, -0.15) is 0 Å². The Morgan fingerprint density at radius 3 is 1.93 bits per heavy atom. The third kappa shape index (κ3) is 4.33. The molecule has 2 N–H and O–H groups in total. The van der Waals surface area contributed by atoms with Crippen LogP contribution >= 0.6 is 0 Å². The fourth-order valence-electron chi connectivity index (χ4n) is 2.46. The summed E-state index contributed by atoms with van der Waals surface area (Å²) in [5.41, 5.74) is 5.39. The van der Waals surface area contributed by atoms with Gasteiger partial charge in [0.25, 0.3) is 0 Å². The summed E-state index contributed by atoms with van der Waals surface area (Å²) in [6, 6.07) is 15.4. The second-order valence-corrected chi connectivity index (χ2v) is 5.98. The molecule has 0 fully saturated rings. The molecule has 3 aromatic rings. The number of anilines is 2. The van der Waals surface area contributed by atoms with Crippen molar-refractivity contribution in [1.82, 2.24) is 10.2 Å². The van der Waals surface area contributed by atoms with Crippen LogP contribution in [0.5, 0.6) is 0 Å². The minimum atomic E-state index is 0.474. The van der Waals surface area contributed by atoms with E-state index in [4.69, 9.17) is 4.42 Å². The first-order valence-electron chi connectivity index (χ1n) is 8.66. The lowest BCUT2D eigenvalue weighted by molar-refractivity contribution is 0.584. The SMILES string of the molecule is C=CNc1ccc(-c2nnc(-c3ccc(NC(=C)C(=C)CC)cc3)o2)cc1. The van der Waals surface area contributed by atoms with Crippen molar-refractivity contribution >= 4 is 11.4 Å². The summed E-state index contributed by atoms with van der Waals surface area (Å²) < 4.78 is 5.82. The summed E-state index contributed by atoms with van der Waals surface area (Å²) in [7, 11) is 0. The molecule has 2 aromatic carbocycles. The highest BCUT2D eigenvalue weighted by Gasteiger charge is 2.10. The fraction of sp³-hybridized carbons (Fsp3) is 0.0909. The van der Waals surface area contributed by atoms with E-state index in [0.29, 0.717) is 11.8 Å². The van der Waals surface area contributed by atoms with Gasteiger partial charge in [0.2, 0.25) is 11.8 Å². The highest BCUT2D eigenvalue weighted by atomic mass is 16.4. The van der Waals surface area contributed by atoms with Crippen molar-refractivity contribution in [3.05, 3.63) is 85.7 Å². The van der Waals surface area contributed by atoms with E-state index in [1.165, 1.54) is 0 Å². The molecular weight excluding hydrogens is 336 g/mol. The quantitative estimate of drug-likeness (QED) is 0.495. The Hall–Kier alpha value is -3.60. The molecular formula is C22H22N4O. The van der Waals surface area contributed by atoms with Crippen molar-refractivity contribution < 1.29 is 4.42 Å². The van der Waals surface area contributed by atoms with Crippen LogP contribution in [-0.4, -0.2) is 10.2 Å². The number of hydrogen-bond donors (Lipinski definition) is 2. The maximum Gasteiger partial charge on any atom is 0.248 e. The Bertz CT molecular complexity index is 953. The van der Waals surface area contributed by atoms with Crippen LogP contribution in [0.15, 0.2) is 90.2 Å². The summed E-state index contributed by atoms with van der Waals surface area (Å²) in [6.07, 6.45) is 2.49. The molecule has 0 saturated heterocycles. The van der Waals surface area contributed by atoms with E-state index in [9.17, 15) is 0 Å². The maximum atomic E-state index is 5.82. The predicted molar refractivity (Wildman–Crippen MR) is 111 cm³/mol. The second-order valence-electron chi connectivity index (χ2n) is 5.98. The second kappa shape index (κ2) is 8.19. The lowest BCUT2D eigenvalue weighted by Gasteiger charge is -2.10. The smallest absolute Gasteiger partial charge is 0.248 e. The Labute approximate surface area is 159 Å². The first-order chi connectivity index (χ1) is 13.1. The zero-order valence-electron chi connectivity index (χ0n) is 15.3. The molecule has 1 aromatic heterocycles. The minimum absolute atomic E-state index is 0.474. The van der Waals surface area contributed by atoms with Crippen LogP contribution < -0.4 is 10.6 Å². The van der Waals surface area contributed by atoms with Crippen molar-refractivity contribution in [1.29, 1.82) is 0 Å². The van der Waals surface area contributed by atoms with Crippen LogP contribution in [0.25, 0.3) is 22.9 Å². The highest BCUT2D eigenvalue weighted by Crippen LogP contribution is 2.26. The third-order valence-electron chi connectivity index (χ3n) is 4.11. The fourth-order valence-corrected chi connectivity index (χ4v) is 2.46. The van der Waals surface area contributed by atoms with Gasteiger partial charge in [-0.05, 0) is 66.7 Å². The minimum Gasteiger partial charge on any atom is -0.416 e. The Balaban J connectivity index is 1.73. The molecule has 0 spiro atoms. The molecule has 0 aliphatic carbocycles. The van der Waals surface area contributed by atoms with Crippen molar-refractivity contribution in [2.45, 2.75) is 13.3 Å². The van der Waals surface area contributed by atoms with E-state index in [1.807, 2.05) is 48.5 Å². The lowest BCUT2D eigenvalue weighted by atomic mass is 10.1. The molecule has 0 aliphatic heterocycles. The monoisotopic (exact) mass is 358 g/mol. The molecule has 27 heavy (non-hydrogen) atoms. The third-order valence-corrected chi connectivity index (χ3v) is 4.11. The van der Waals surface area contributed by atoms with Gasteiger partial charge in [0.15, 0.2) is 0 Å². The van der Waals surface area contributed by atoms with Crippen molar-refractivity contribution in [2.75, 3.05) is 10.6 Å². The molecule has 0 amide bonds. The highest BCUT2D eigenvalue weighted by molar-refractivity contribution is 5.63. The van der Waals surface area contributed by atoms with Gasteiger partial charge in [0, 0.05) is 28.2 Å². The van der Waals surface area contributed by atoms with Crippen molar-refractivity contribution in [3.63, 3.8) is 0 Å². The molecule has 0 aliphatic rings. The number of hydrogen-bond acceptors (Lipinski definition) is 5. The van der Waals surface area contributed by atoms with E-state index in [-0.39, 0.29) is 0 Å². The van der Waals surface area contributed by atoms with E-state index < -0.39 is 0 Å². The summed E-state index contributed by atoms with van der Waals surface area (Å²) in [4.78, 5) is 0. The number of allylic oxidation sites excluding steroid dienone is 1. The molecule has 0 radical (unpaired) electrons. The lowest BCUT2D eigenvalue weighted by Crippen LogP contribution is -1.99. The van der Waals surface area contributed by atoms with E-state index in [0.717, 1.165) is 40.2 Å². The van der Waals surface area contributed by atoms with Gasteiger partial charge >= 0.3 is 0 Å². The standard InChI is InChI=1S/C22H22N4O/c1-5-15(3)16(4)24-20-13-9-18(10-14-20)22-26-25-21(27-22)17-7-11-19(12-8-17)23-6-2/h6-14,23-24H,2-5H2,1H3. The number of nitrogens with zero attached hydrogens (tertiary/aromatic N) is 2. The largest absolute Gasteiger partial charge is 0.416 e. The van der Waals surface area contributed by atoms with E-state index >= 15 is 0 Å². The van der Waals surface area contributed by atoms with Crippen LogP contribution in [0.3, 0.4) is 0 Å². The molecule has 0 saturated carbocycles. The van der Waals surface area contributed by atoms with Crippen LogP contribution in [0.2, 0.25) is 0 Å². The molecule has 0 bridgehead atoms. The average molecular weight is 358 g/mol. The van der Waals surface area contributed by atoms with E-state index in [1.54, 1.807) is 6.20 Å².